The third-order valence-corrected chi connectivity index (χ3v) is 3.86. The Kier molecular flexibility index (Phi) is 3.09. The maximum absolute atomic E-state index is 11.6. The van der Waals surface area contributed by atoms with Crippen LogP contribution in [0, 0.1) is 0 Å². The van der Waals surface area contributed by atoms with E-state index < -0.39 is 0 Å². The van der Waals surface area contributed by atoms with Crippen LogP contribution in [0.25, 0.3) is 0 Å². The van der Waals surface area contributed by atoms with Crippen LogP contribution >= 0.6 is 0 Å². The Morgan fingerprint density at radius 2 is 2.17 bits per heavy atom. The van der Waals surface area contributed by atoms with Crippen molar-refractivity contribution in [2.75, 3.05) is 31.5 Å². The van der Waals surface area contributed by atoms with Crippen molar-refractivity contribution in [3.05, 3.63) is 29.8 Å². The number of nitrogens with zero attached hydrogens (tertiary/aromatic N) is 1. The van der Waals surface area contributed by atoms with Crippen LogP contribution in [0.1, 0.15) is 24.3 Å². The molecule has 0 spiro atoms. The topological polar surface area (TPSA) is 44.4 Å². The first-order chi connectivity index (χ1) is 8.84. The highest BCUT2D eigenvalue weighted by Crippen LogP contribution is 2.33. The molecule has 1 aromatic carbocycles. The molecule has 2 heterocycles. The van der Waals surface area contributed by atoms with Gasteiger partial charge in [0.15, 0.2) is 0 Å². The summed E-state index contributed by atoms with van der Waals surface area (Å²) in [7, 11) is 0. The third-order valence-electron chi connectivity index (χ3n) is 3.86. The highest BCUT2D eigenvalue weighted by molar-refractivity contribution is 5.74. The predicted molar refractivity (Wildman–Crippen MR) is 71.9 cm³/mol. The van der Waals surface area contributed by atoms with E-state index in [4.69, 9.17) is 0 Å². The van der Waals surface area contributed by atoms with Crippen molar-refractivity contribution >= 4 is 11.7 Å². The van der Waals surface area contributed by atoms with Crippen LogP contribution < -0.4 is 10.6 Å². The number of nitrogens with one attached hydrogen (secondary N) is 2. The fraction of sp³-hybridized carbons (Fsp3) is 0.500. The lowest BCUT2D eigenvalue weighted by Gasteiger charge is -2.28. The number of hydrogen-bond donors (Lipinski definition) is 2. The van der Waals surface area contributed by atoms with Gasteiger partial charge in [0, 0.05) is 37.8 Å². The lowest BCUT2D eigenvalue weighted by Crippen LogP contribution is -2.46. The van der Waals surface area contributed by atoms with Crippen molar-refractivity contribution in [1.29, 1.82) is 0 Å². The lowest BCUT2D eigenvalue weighted by atomic mass is 9.97. The first kappa shape index (κ1) is 11.4. The van der Waals surface area contributed by atoms with Gasteiger partial charge < -0.3 is 15.5 Å². The molecule has 1 fully saturated rings. The molecule has 4 nitrogen and oxygen atoms in total. The smallest absolute Gasteiger partial charge is 0.317 e. The fourth-order valence-electron chi connectivity index (χ4n) is 2.82. The average Bonchev–Trinajstić information content (AvgIpc) is 2.81. The standard InChI is InChI=1S/C14H19N3O/c18-14-15-7-3-8-17(14)9-6-11-10-16-13-5-2-1-4-12(11)13/h1-2,4-5,11,16H,3,6-10H2,(H,15,18). The average molecular weight is 245 g/mol. The van der Waals surface area contributed by atoms with E-state index in [1.165, 1.54) is 11.3 Å². The number of anilines is 1. The molecule has 96 valence electrons. The molecule has 1 aromatic rings. The van der Waals surface area contributed by atoms with Crippen LogP contribution in [0.5, 0.6) is 0 Å². The molecule has 1 unspecified atom stereocenters. The van der Waals surface area contributed by atoms with E-state index in [2.05, 4.69) is 34.9 Å². The Morgan fingerprint density at radius 1 is 1.28 bits per heavy atom. The number of para-hydroxylation sites is 1. The van der Waals surface area contributed by atoms with E-state index in [1.54, 1.807) is 0 Å². The molecule has 0 aromatic heterocycles. The number of benzene rings is 1. The van der Waals surface area contributed by atoms with Crippen molar-refractivity contribution in [2.24, 2.45) is 0 Å². The second-order valence-corrected chi connectivity index (χ2v) is 5.03. The summed E-state index contributed by atoms with van der Waals surface area (Å²) in [6.07, 6.45) is 2.10. The minimum atomic E-state index is 0.0977. The summed E-state index contributed by atoms with van der Waals surface area (Å²) in [6.45, 7) is 3.57. The SMILES string of the molecule is O=C1NCCCN1CCC1CNc2ccccc21. The molecule has 3 rings (SSSR count). The molecule has 1 atom stereocenters. The number of hydrogen-bond acceptors (Lipinski definition) is 2. The molecule has 0 radical (unpaired) electrons. The minimum Gasteiger partial charge on any atom is -0.384 e. The third kappa shape index (κ3) is 2.15. The maximum atomic E-state index is 11.6. The molecular formula is C14H19N3O. The molecule has 0 aliphatic carbocycles. The van der Waals surface area contributed by atoms with Gasteiger partial charge in [0.1, 0.15) is 0 Å². The van der Waals surface area contributed by atoms with Crippen molar-refractivity contribution in [3.8, 4) is 0 Å². The van der Waals surface area contributed by atoms with Gasteiger partial charge in [-0.25, -0.2) is 4.79 Å². The molecule has 18 heavy (non-hydrogen) atoms. The Morgan fingerprint density at radius 3 is 3.06 bits per heavy atom. The molecule has 1 saturated heterocycles. The zero-order valence-electron chi connectivity index (χ0n) is 10.5. The van der Waals surface area contributed by atoms with Crippen molar-refractivity contribution in [3.63, 3.8) is 0 Å². The van der Waals surface area contributed by atoms with Gasteiger partial charge in [-0.05, 0) is 24.5 Å². The highest BCUT2D eigenvalue weighted by atomic mass is 16.2. The van der Waals surface area contributed by atoms with Gasteiger partial charge in [0.05, 0.1) is 0 Å². The number of rotatable bonds is 3. The summed E-state index contributed by atoms with van der Waals surface area (Å²) in [5.41, 5.74) is 2.65. The summed E-state index contributed by atoms with van der Waals surface area (Å²) in [6, 6.07) is 8.57. The number of fused-ring (bicyclic) bond motifs is 1. The summed E-state index contributed by atoms with van der Waals surface area (Å²) >= 11 is 0. The monoisotopic (exact) mass is 245 g/mol. The number of carbonyl (C=O) groups is 1. The lowest BCUT2D eigenvalue weighted by molar-refractivity contribution is 0.184. The zero-order chi connectivity index (χ0) is 12.4. The van der Waals surface area contributed by atoms with Gasteiger partial charge in [0.25, 0.3) is 0 Å². The molecule has 0 bridgehead atoms. The summed E-state index contributed by atoms with van der Waals surface area (Å²) < 4.78 is 0. The van der Waals surface area contributed by atoms with Crippen LogP contribution in [-0.2, 0) is 0 Å². The summed E-state index contributed by atoms with van der Waals surface area (Å²) in [5.74, 6) is 0.538. The number of carbonyl (C=O) groups excluding carboxylic acids is 1. The second kappa shape index (κ2) is 4.88. The van der Waals surface area contributed by atoms with E-state index in [1.807, 2.05) is 4.90 Å². The van der Waals surface area contributed by atoms with Crippen molar-refractivity contribution in [1.82, 2.24) is 10.2 Å². The van der Waals surface area contributed by atoms with Gasteiger partial charge in [-0.1, -0.05) is 18.2 Å². The largest absolute Gasteiger partial charge is 0.384 e. The number of amides is 2. The van der Waals surface area contributed by atoms with E-state index in [-0.39, 0.29) is 6.03 Å². The molecule has 2 amide bonds. The van der Waals surface area contributed by atoms with Gasteiger partial charge in [-0.2, -0.15) is 0 Å². The van der Waals surface area contributed by atoms with Crippen molar-refractivity contribution < 1.29 is 4.79 Å². The second-order valence-electron chi connectivity index (χ2n) is 5.03. The Labute approximate surface area is 107 Å². The predicted octanol–water partition coefficient (Wildman–Crippen LogP) is 2.00. The first-order valence-corrected chi connectivity index (χ1v) is 6.70. The van der Waals surface area contributed by atoms with Crippen LogP contribution in [0.2, 0.25) is 0 Å². The van der Waals surface area contributed by atoms with Crippen LogP contribution in [-0.4, -0.2) is 37.1 Å². The van der Waals surface area contributed by atoms with Gasteiger partial charge >= 0.3 is 6.03 Å². The van der Waals surface area contributed by atoms with E-state index >= 15 is 0 Å². The Bertz CT molecular complexity index is 446. The Balaban J connectivity index is 1.60. The first-order valence-electron chi connectivity index (χ1n) is 6.70. The molecular weight excluding hydrogens is 226 g/mol. The summed E-state index contributed by atoms with van der Waals surface area (Å²) in [4.78, 5) is 13.6. The van der Waals surface area contributed by atoms with E-state index in [9.17, 15) is 4.79 Å². The molecule has 4 heteroatoms. The van der Waals surface area contributed by atoms with Gasteiger partial charge in [-0.3, -0.25) is 0 Å². The van der Waals surface area contributed by atoms with Crippen LogP contribution in [0.4, 0.5) is 10.5 Å². The highest BCUT2D eigenvalue weighted by Gasteiger charge is 2.24. The van der Waals surface area contributed by atoms with E-state index in [0.717, 1.165) is 39.0 Å². The minimum absolute atomic E-state index is 0.0977. The Hall–Kier alpha value is -1.71. The molecule has 2 N–H and O–H groups in total. The van der Waals surface area contributed by atoms with Crippen LogP contribution in [0.15, 0.2) is 24.3 Å². The molecule has 2 aliphatic heterocycles. The van der Waals surface area contributed by atoms with Gasteiger partial charge in [0.2, 0.25) is 0 Å². The fourth-order valence-corrected chi connectivity index (χ4v) is 2.82. The van der Waals surface area contributed by atoms with Crippen molar-refractivity contribution in [2.45, 2.75) is 18.8 Å². The maximum Gasteiger partial charge on any atom is 0.317 e. The molecule has 2 aliphatic rings. The van der Waals surface area contributed by atoms with Gasteiger partial charge in [-0.15, -0.1) is 0 Å². The normalized spacial score (nSPS) is 22.3. The van der Waals surface area contributed by atoms with E-state index in [0.29, 0.717) is 5.92 Å². The van der Waals surface area contributed by atoms with Crippen LogP contribution in [0.3, 0.4) is 0 Å². The molecule has 0 saturated carbocycles. The zero-order valence-corrected chi connectivity index (χ0v) is 10.5. The quantitative estimate of drug-likeness (QED) is 0.855. The number of urea groups is 1. The summed E-state index contributed by atoms with van der Waals surface area (Å²) in [5, 5.41) is 6.33.